The largest absolute Gasteiger partial charge is 0.501 e. The van der Waals surface area contributed by atoms with Gasteiger partial charge in [0, 0.05) is 14.0 Å². The minimum Gasteiger partial charge on any atom is -0.501 e. The maximum atomic E-state index is 13.0. The van der Waals surface area contributed by atoms with Crippen LogP contribution in [0.3, 0.4) is 0 Å². The van der Waals surface area contributed by atoms with Crippen molar-refractivity contribution in [3.05, 3.63) is 57.7 Å². The van der Waals surface area contributed by atoms with Gasteiger partial charge >= 0.3 is 0 Å². The summed E-state index contributed by atoms with van der Waals surface area (Å²) < 4.78 is 19.7. The standard InChI is InChI=1S/C19H20FN5O4/c1-10(26)22-19(2,3)18-21-14(15(27)17(28)25(18)4)16-24-23-13(29-16)9-11-5-7-12(20)8-6-11/h5-8,27H,9H2,1-4H3,(H,22,26). The number of carbonyl (C=O) groups excluding carboxylic acids is 1. The van der Waals surface area contributed by atoms with Gasteiger partial charge in [-0.05, 0) is 31.5 Å². The Labute approximate surface area is 165 Å². The van der Waals surface area contributed by atoms with E-state index >= 15 is 0 Å². The number of nitrogens with one attached hydrogen (secondary N) is 1. The second-order valence-corrected chi connectivity index (χ2v) is 7.11. The van der Waals surface area contributed by atoms with Gasteiger partial charge in [-0.15, -0.1) is 10.2 Å². The maximum Gasteiger partial charge on any atom is 0.296 e. The number of rotatable bonds is 5. The van der Waals surface area contributed by atoms with Crippen molar-refractivity contribution >= 4 is 5.91 Å². The molecule has 2 heterocycles. The van der Waals surface area contributed by atoms with E-state index in [4.69, 9.17) is 4.42 Å². The molecule has 0 unspecified atom stereocenters. The highest BCUT2D eigenvalue weighted by Crippen LogP contribution is 2.27. The molecule has 0 radical (unpaired) electrons. The van der Waals surface area contributed by atoms with Crippen LogP contribution in [0, 0.1) is 5.82 Å². The van der Waals surface area contributed by atoms with Crippen LogP contribution in [-0.2, 0) is 23.8 Å². The molecule has 2 aromatic heterocycles. The van der Waals surface area contributed by atoms with Gasteiger partial charge in [0.1, 0.15) is 11.6 Å². The number of hydrogen-bond acceptors (Lipinski definition) is 7. The summed E-state index contributed by atoms with van der Waals surface area (Å²) in [6.07, 6.45) is 0.239. The van der Waals surface area contributed by atoms with E-state index in [0.29, 0.717) is 0 Å². The van der Waals surface area contributed by atoms with E-state index in [2.05, 4.69) is 20.5 Å². The highest BCUT2D eigenvalue weighted by atomic mass is 19.1. The Bertz CT molecular complexity index is 1120. The quantitative estimate of drug-likeness (QED) is 0.666. The number of amides is 1. The number of aromatic nitrogens is 4. The van der Waals surface area contributed by atoms with Gasteiger partial charge < -0.3 is 14.8 Å². The number of benzene rings is 1. The Kier molecular flexibility index (Phi) is 5.19. The Morgan fingerprint density at radius 2 is 1.93 bits per heavy atom. The first-order valence-electron chi connectivity index (χ1n) is 8.75. The summed E-state index contributed by atoms with van der Waals surface area (Å²) in [5.41, 5.74) is -1.16. The molecule has 0 aliphatic rings. The van der Waals surface area contributed by atoms with Crippen molar-refractivity contribution in [2.45, 2.75) is 32.7 Å². The zero-order valence-corrected chi connectivity index (χ0v) is 16.4. The van der Waals surface area contributed by atoms with Crippen LogP contribution in [-0.4, -0.2) is 30.8 Å². The molecule has 0 spiro atoms. The average Bonchev–Trinajstić information content (AvgIpc) is 3.08. The van der Waals surface area contributed by atoms with Crippen molar-refractivity contribution in [3.63, 3.8) is 0 Å². The predicted molar refractivity (Wildman–Crippen MR) is 100 cm³/mol. The SMILES string of the molecule is CC(=O)NC(C)(C)c1nc(-c2nnc(Cc3ccc(F)cc3)o2)c(O)c(=O)n1C. The molecule has 3 aromatic rings. The molecule has 29 heavy (non-hydrogen) atoms. The van der Waals surface area contributed by atoms with Crippen LogP contribution >= 0.6 is 0 Å². The van der Waals surface area contributed by atoms with Gasteiger partial charge in [0.2, 0.25) is 17.5 Å². The molecule has 0 saturated heterocycles. The fraction of sp³-hybridized carbons (Fsp3) is 0.316. The molecule has 0 atom stereocenters. The zero-order valence-electron chi connectivity index (χ0n) is 16.4. The fourth-order valence-corrected chi connectivity index (χ4v) is 2.99. The highest BCUT2D eigenvalue weighted by Gasteiger charge is 2.30. The lowest BCUT2D eigenvalue weighted by Gasteiger charge is -2.27. The lowest BCUT2D eigenvalue weighted by atomic mass is 10.0. The smallest absolute Gasteiger partial charge is 0.296 e. The first kappa shape index (κ1) is 20.2. The second kappa shape index (κ2) is 7.46. The van der Waals surface area contributed by atoms with Crippen molar-refractivity contribution < 1.29 is 18.7 Å². The lowest BCUT2D eigenvalue weighted by molar-refractivity contribution is -0.120. The third-order valence-electron chi connectivity index (χ3n) is 4.25. The van der Waals surface area contributed by atoms with Crippen molar-refractivity contribution in [2.24, 2.45) is 7.05 Å². The van der Waals surface area contributed by atoms with Crippen LogP contribution in [0.2, 0.25) is 0 Å². The van der Waals surface area contributed by atoms with E-state index in [1.165, 1.54) is 26.1 Å². The molecule has 3 rings (SSSR count). The van der Waals surface area contributed by atoms with Gasteiger partial charge in [0.15, 0.2) is 5.69 Å². The summed E-state index contributed by atoms with van der Waals surface area (Å²) in [5, 5.41) is 20.8. The van der Waals surface area contributed by atoms with Crippen molar-refractivity contribution in [3.8, 4) is 17.3 Å². The van der Waals surface area contributed by atoms with Crippen LogP contribution in [0.1, 0.15) is 38.0 Å². The Morgan fingerprint density at radius 1 is 1.28 bits per heavy atom. The predicted octanol–water partition coefficient (Wildman–Crippen LogP) is 1.64. The molecule has 2 N–H and O–H groups in total. The third-order valence-corrected chi connectivity index (χ3v) is 4.25. The second-order valence-electron chi connectivity index (χ2n) is 7.11. The third kappa shape index (κ3) is 4.15. The first-order chi connectivity index (χ1) is 13.6. The molecule has 0 fully saturated rings. The van der Waals surface area contributed by atoms with Crippen LogP contribution in [0.15, 0.2) is 33.5 Å². The molecule has 1 amide bonds. The monoisotopic (exact) mass is 401 g/mol. The van der Waals surface area contributed by atoms with Crippen molar-refractivity contribution in [2.75, 3.05) is 0 Å². The summed E-state index contributed by atoms with van der Waals surface area (Å²) in [6, 6.07) is 5.80. The molecule has 0 aliphatic heterocycles. The van der Waals surface area contributed by atoms with Crippen LogP contribution in [0.25, 0.3) is 11.6 Å². The Hall–Kier alpha value is -3.56. The summed E-state index contributed by atoms with van der Waals surface area (Å²) >= 11 is 0. The number of nitrogens with zero attached hydrogens (tertiary/aromatic N) is 4. The number of hydrogen-bond donors (Lipinski definition) is 2. The van der Waals surface area contributed by atoms with E-state index in [1.54, 1.807) is 26.0 Å². The van der Waals surface area contributed by atoms with Gasteiger partial charge in [-0.1, -0.05) is 12.1 Å². The van der Waals surface area contributed by atoms with E-state index in [1.807, 2.05) is 0 Å². The topological polar surface area (TPSA) is 123 Å². The van der Waals surface area contributed by atoms with Gasteiger partial charge in [-0.3, -0.25) is 14.2 Å². The highest BCUT2D eigenvalue weighted by molar-refractivity contribution is 5.73. The summed E-state index contributed by atoms with van der Waals surface area (Å²) in [6.45, 7) is 4.69. The molecule has 10 heteroatoms. The van der Waals surface area contributed by atoms with Crippen LogP contribution in [0.5, 0.6) is 5.75 Å². The van der Waals surface area contributed by atoms with E-state index in [0.717, 1.165) is 10.1 Å². The summed E-state index contributed by atoms with van der Waals surface area (Å²) in [7, 11) is 1.44. The Morgan fingerprint density at radius 3 is 2.55 bits per heavy atom. The van der Waals surface area contributed by atoms with Crippen molar-refractivity contribution in [1.82, 2.24) is 25.1 Å². The molecular weight excluding hydrogens is 381 g/mol. The zero-order chi connectivity index (χ0) is 21.3. The first-order valence-corrected chi connectivity index (χ1v) is 8.75. The molecule has 9 nitrogen and oxygen atoms in total. The van der Waals surface area contributed by atoms with E-state index in [9.17, 15) is 19.1 Å². The lowest BCUT2D eigenvalue weighted by Crippen LogP contribution is -2.44. The van der Waals surface area contributed by atoms with Crippen molar-refractivity contribution in [1.29, 1.82) is 0 Å². The minimum atomic E-state index is -1.00. The van der Waals surface area contributed by atoms with Gasteiger partial charge in [-0.2, -0.15) is 0 Å². The normalized spacial score (nSPS) is 11.5. The summed E-state index contributed by atoms with van der Waals surface area (Å²) in [4.78, 5) is 28.3. The van der Waals surface area contributed by atoms with Gasteiger partial charge in [0.25, 0.3) is 11.4 Å². The van der Waals surface area contributed by atoms with Gasteiger partial charge in [-0.25, -0.2) is 9.37 Å². The Balaban J connectivity index is 2.01. The van der Waals surface area contributed by atoms with Crippen LogP contribution in [0.4, 0.5) is 4.39 Å². The number of aromatic hydroxyl groups is 1. The number of carbonyl (C=O) groups is 1. The fourth-order valence-electron chi connectivity index (χ4n) is 2.99. The minimum absolute atomic E-state index is 0.141. The number of halogens is 1. The molecule has 0 saturated carbocycles. The molecule has 152 valence electrons. The maximum absolute atomic E-state index is 13.0. The molecular formula is C19H20FN5O4. The molecule has 0 bridgehead atoms. The van der Waals surface area contributed by atoms with E-state index < -0.39 is 16.8 Å². The molecule has 0 aliphatic carbocycles. The average molecular weight is 401 g/mol. The summed E-state index contributed by atoms with van der Waals surface area (Å²) in [5.74, 6) is -1.05. The van der Waals surface area contributed by atoms with E-state index in [-0.39, 0.29) is 41.4 Å². The van der Waals surface area contributed by atoms with Gasteiger partial charge in [0.05, 0.1) is 12.0 Å². The molecule has 1 aromatic carbocycles. The van der Waals surface area contributed by atoms with Crippen LogP contribution < -0.4 is 10.9 Å².